The second-order valence-electron chi connectivity index (χ2n) is 7.08. The summed E-state index contributed by atoms with van der Waals surface area (Å²) in [5.41, 5.74) is 1.50. The summed E-state index contributed by atoms with van der Waals surface area (Å²) < 4.78 is 1.05. The molecule has 1 amide bonds. The fourth-order valence-corrected chi connectivity index (χ4v) is 5.67. The fraction of sp³-hybridized carbons (Fsp3) is 0.389. The summed E-state index contributed by atoms with van der Waals surface area (Å²) in [6.07, 6.45) is 0.422. The van der Waals surface area contributed by atoms with Crippen molar-refractivity contribution in [3.63, 3.8) is 0 Å². The molecule has 4 atom stereocenters. The van der Waals surface area contributed by atoms with Crippen molar-refractivity contribution in [2.45, 2.75) is 36.1 Å². The summed E-state index contributed by atoms with van der Waals surface area (Å²) >= 11 is 1.41. The molecule has 1 aromatic heterocycles. The van der Waals surface area contributed by atoms with Gasteiger partial charge in [-0.15, -0.1) is 11.8 Å². The molecule has 7 nitrogen and oxygen atoms in total. The van der Waals surface area contributed by atoms with E-state index < -0.39 is 28.8 Å². The molecule has 1 aromatic carbocycles. The number of carbonyl (C=O) groups excluding carboxylic acids is 1. The molecular formula is C18H19N3O4S. The lowest BCUT2D eigenvalue weighted by atomic mass is 9.87. The van der Waals surface area contributed by atoms with Crippen LogP contribution in [-0.4, -0.2) is 52.7 Å². The summed E-state index contributed by atoms with van der Waals surface area (Å²) in [6, 6.07) is 6.51. The van der Waals surface area contributed by atoms with Crippen LogP contribution in [0.4, 0.5) is 0 Å². The Morgan fingerprint density at radius 3 is 2.77 bits per heavy atom. The predicted octanol–water partition coefficient (Wildman–Crippen LogP) is 1.93. The summed E-state index contributed by atoms with van der Waals surface area (Å²) in [5.74, 6) is -1.75. The van der Waals surface area contributed by atoms with E-state index in [2.05, 4.69) is 11.6 Å². The number of aromatic nitrogens is 2. The van der Waals surface area contributed by atoms with Gasteiger partial charge in [0.25, 0.3) is 0 Å². The average Bonchev–Trinajstić information content (AvgIpc) is 3.07. The SMILES string of the molecule is C=Cn1c([C@H](O)[C@@H]2C(=O)N3[C@@H]2SC(C)(C)[C@@H]3C(=O)O)nc2ccccc21. The van der Waals surface area contributed by atoms with Crippen LogP contribution < -0.4 is 0 Å². The van der Waals surface area contributed by atoms with Crippen molar-refractivity contribution in [2.24, 2.45) is 5.92 Å². The molecule has 2 aliphatic heterocycles. The van der Waals surface area contributed by atoms with Crippen LogP contribution in [0.3, 0.4) is 0 Å². The first-order chi connectivity index (χ1) is 12.3. The third-order valence-electron chi connectivity index (χ3n) is 5.13. The normalized spacial score (nSPS) is 27.9. The van der Waals surface area contributed by atoms with Gasteiger partial charge in [-0.25, -0.2) is 9.78 Å². The molecule has 0 aliphatic carbocycles. The van der Waals surface area contributed by atoms with Crippen LogP contribution in [0.5, 0.6) is 0 Å². The summed E-state index contributed by atoms with van der Waals surface area (Å²) in [5, 5.41) is 20.1. The van der Waals surface area contributed by atoms with Gasteiger partial charge in [-0.2, -0.15) is 0 Å². The van der Waals surface area contributed by atoms with Crippen molar-refractivity contribution in [3.8, 4) is 0 Å². The number of aliphatic hydroxyl groups excluding tert-OH is 1. The highest BCUT2D eigenvalue weighted by Crippen LogP contribution is 2.56. The van der Waals surface area contributed by atoms with Gasteiger partial charge in [0.15, 0.2) is 0 Å². The quantitative estimate of drug-likeness (QED) is 0.795. The molecule has 26 heavy (non-hydrogen) atoms. The molecule has 0 saturated carbocycles. The Morgan fingerprint density at radius 2 is 2.12 bits per heavy atom. The van der Waals surface area contributed by atoms with Gasteiger partial charge in [0, 0.05) is 10.9 Å². The monoisotopic (exact) mass is 373 g/mol. The summed E-state index contributed by atoms with van der Waals surface area (Å²) in [7, 11) is 0. The minimum Gasteiger partial charge on any atom is -0.480 e. The van der Waals surface area contributed by atoms with Crippen molar-refractivity contribution in [1.29, 1.82) is 0 Å². The number of fused-ring (bicyclic) bond motifs is 2. The number of carbonyl (C=O) groups is 2. The molecule has 3 heterocycles. The lowest BCUT2D eigenvalue weighted by molar-refractivity contribution is -0.169. The topological polar surface area (TPSA) is 95.7 Å². The largest absolute Gasteiger partial charge is 0.480 e. The number of benzene rings is 1. The van der Waals surface area contributed by atoms with Crippen molar-refractivity contribution < 1.29 is 19.8 Å². The van der Waals surface area contributed by atoms with Crippen LogP contribution >= 0.6 is 11.8 Å². The number of carboxylic acid groups (broad SMARTS) is 1. The zero-order chi connectivity index (χ0) is 18.8. The minimum absolute atomic E-state index is 0.344. The smallest absolute Gasteiger partial charge is 0.327 e. The zero-order valence-corrected chi connectivity index (χ0v) is 15.2. The number of amides is 1. The van der Waals surface area contributed by atoms with E-state index in [4.69, 9.17) is 0 Å². The molecule has 0 radical (unpaired) electrons. The molecule has 0 spiro atoms. The molecule has 2 saturated heterocycles. The van der Waals surface area contributed by atoms with E-state index in [9.17, 15) is 19.8 Å². The Morgan fingerprint density at radius 1 is 1.42 bits per heavy atom. The fourth-order valence-electron chi connectivity index (χ4n) is 3.96. The first-order valence-electron chi connectivity index (χ1n) is 8.28. The molecule has 2 N–H and O–H groups in total. The van der Waals surface area contributed by atoms with Gasteiger partial charge in [-0.05, 0) is 26.0 Å². The van der Waals surface area contributed by atoms with E-state index in [1.807, 2.05) is 38.1 Å². The van der Waals surface area contributed by atoms with E-state index in [0.29, 0.717) is 11.3 Å². The van der Waals surface area contributed by atoms with Gasteiger partial charge in [-0.1, -0.05) is 18.7 Å². The highest BCUT2D eigenvalue weighted by atomic mass is 32.2. The molecule has 4 rings (SSSR count). The Kier molecular flexibility index (Phi) is 3.68. The molecule has 0 bridgehead atoms. The molecule has 2 aromatic rings. The van der Waals surface area contributed by atoms with Gasteiger partial charge in [-0.3, -0.25) is 4.79 Å². The van der Waals surface area contributed by atoms with Gasteiger partial charge in [0.1, 0.15) is 23.9 Å². The first kappa shape index (κ1) is 17.1. The number of aliphatic hydroxyl groups is 1. The van der Waals surface area contributed by atoms with E-state index in [1.165, 1.54) is 16.7 Å². The van der Waals surface area contributed by atoms with E-state index in [-0.39, 0.29) is 11.3 Å². The minimum atomic E-state index is -1.13. The number of aliphatic carboxylic acids is 1. The maximum Gasteiger partial charge on any atom is 0.327 e. The van der Waals surface area contributed by atoms with Crippen molar-refractivity contribution in [2.75, 3.05) is 0 Å². The van der Waals surface area contributed by atoms with Crippen molar-refractivity contribution in [3.05, 3.63) is 36.7 Å². The molecule has 8 heteroatoms. The summed E-state index contributed by atoms with van der Waals surface area (Å²) in [4.78, 5) is 30.2. The molecule has 2 aliphatic rings. The highest BCUT2D eigenvalue weighted by molar-refractivity contribution is 8.01. The van der Waals surface area contributed by atoms with Crippen LogP contribution in [0, 0.1) is 5.92 Å². The Labute approximate surface area is 154 Å². The van der Waals surface area contributed by atoms with Gasteiger partial charge >= 0.3 is 5.97 Å². The Bertz CT molecular complexity index is 938. The van der Waals surface area contributed by atoms with Gasteiger partial charge in [0.05, 0.1) is 16.4 Å². The maximum atomic E-state index is 12.7. The third kappa shape index (κ3) is 2.15. The number of hydrogen-bond donors (Lipinski definition) is 2. The van der Waals surface area contributed by atoms with Crippen LogP contribution in [0.15, 0.2) is 30.8 Å². The predicted molar refractivity (Wildman–Crippen MR) is 98.3 cm³/mol. The van der Waals surface area contributed by atoms with Crippen molar-refractivity contribution in [1.82, 2.24) is 14.5 Å². The number of thioether (sulfide) groups is 1. The van der Waals surface area contributed by atoms with E-state index in [1.54, 1.807) is 10.8 Å². The number of rotatable bonds is 4. The van der Waals surface area contributed by atoms with Crippen LogP contribution in [0.1, 0.15) is 25.8 Å². The second kappa shape index (κ2) is 5.59. The van der Waals surface area contributed by atoms with Crippen molar-refractivity contribution >= 4 is 40.9 Å². The number of imidazole rings is 1. The molecule has 0 unspecified atom stereocenters. The maximum absolute atomic E-state index is 12.7. The lowest BCUT2D eigenvalue weighted by Gasteiger charge is -2.45. The number of para-hydroxylation sites is 2. The van der Waals surface area contributed by atoms with E-state index in [0.717, 1.165) is 5.52 Å². The average molecular weight is 373 g/mol. The Balaban J connectivity index is 1.71. The third-order valence-corrected chi connectivity index (χ3v) is 6.72. The standard InChI is InChI=1S/C18H19N3O4S/c1-4-20-10-8-6-5-7-9(10)19-14(20)12(22)11-15(23)21-13(17(24)25)18(2,3)26-16(11)21/h4-8,11-13,16,22H,1H2,2-3H3,(H,24,25)/t11-,12-,13+,16-/m1/s1. The van der Waals surface area contributed by atoms with Crippen LogP contribution in [0.25, 0.3) is 17.2 Å². The van der Waals surface area contributed by atoms with Gasteiger partial charge < -0.3 is 19.7 Å². The first-order valence-corrected chi connectivity index (χ1v) is 9.16. The lowest BCUT2D eigenvalue weighted by Crippen LogP contribution is -2.64. The molecule has 2 fully saturated rings. The number of β-lactam (4-membered cyclic amide) rings is 1. The van der Waals surface area contributed by atoms with Gasteiger partial charge in [0.2, 0.25) is 5.91 Å². The number of nitrogens with zero attached hydrogens (tertiary/aromatic N) is 3. The molecular weight excluding hydrogens is 354 g/mol. The summed E-state index contributed by atoms with van der Waals surface area (Å²) in [6.45, 7) is 7.40. The number of carboxylic acids is 1. The molecule has 136 valence electrons. The van der Waals surface area contributed by atoms with E-state index >= 15 is 0 Å². The Hall–Kier alpha value is -2.32. The van der Waals surface area contributed by atoms with Crippen LogP contribution in [0.2, 0.25) is 0 Å². The van der Waals surface area contributed by atoms with Crippen LogP contribution in [-0.2, 0) is 9.59 Å². The number of hydrogen-bond acceptors (Lipinski definition) is 5. The zero-order valence-electron chi connectivity index (χ0n) is 14.4. The highest BCUT2D eigenvalue weighted by Gasteiger charge is 2.65. The second-order valence-corrected chi connectivity index (χ2v) is 8.85.